The normalized spacial score (nSPS) is 16.2. The van der Waals surface area contributed by atoms with Crippen molar-refractivity contribution in [2.45, 2.75) is 52.2 Å². The molecule has 0 aliphatic carbocycles. The number of nitrogens with zero attached hydrogens (tertiary/aromatic N) is 7. The van der Waals surface area contributed by atoms with Crippen LogP contribution in [-0.2, 0) is 4.79 Å². The number of β-amino-alcohol motifs (C(OH)–C–C–N with tert-alkyl or cyclic N) is 1. The van der Waals surface area contributed by atoms with E-state index in [0.717, 1.165) is 13.1 Å². The van der Waals surface area contributed by atoms with Crippen LogP contribution in [0.4, 0.5) is 11.9 Å². The standard InChI is InChI=1S/C23H35N9O3/c1-5-23(34,6-2)14-30-9-11-31(12-10-30)19(33)17(15(3)4)25-21-27-20(24)32-22(28-21)26-18(29-32)16-8-7-13-35-16/h7-8,13,15,17,34H,5-6,9-12,14H2,1-4H3,(H3,24,25,26,27,28,29)/t17-/m0/s1. The van der Waals surface area contributed by atoms with Crippen LogP contribution >= 0.6 is 0 Å². The summed E-state index contributed by atoms with van der Waals surface area (Å²) in [6, 6.07) is 2.96. The maximum atomic E-state index is 13.4. The molecule has 1 amide bonds. The summed E-state index contributed by atoms with van der Waals surface area (Å²) in [5.41, 5.74) is 5.42. The van der Waals surface area contributed by atoms with E-state index in [1.165, 1.54) is 10.8 Å². The molecule has 0 spiro atoms. The largest absolute Gasteiger partial charge is 0.461 e. The minimum atomic E-state index is -0.678. The van der Waals surface area contributed by atoms with Gasteiger partial charge in [-0.3, -0.25) is 9.69 Å². The molecule has 4 heterocycles. The lowest BCUT2D eigenvalue weighted by atomic mass is 9.96. The van der Waals surface area contributed by atoms with Crippen LogP contribution < -0.4 is 11.1 Å². The highest BCUT2D eigenvalue weighted by Gasteiger charge is 2.33. The van der Waals surface area contributed by atoms with E-state index in [9.17, 15) is 9.90 Å². The van der Waals surface area contributed by atoms with E-state index in [0.29, 0.717) is 44.1 Å². The number of amides is 1. The molecule has 12 heteroatoms. The molecule has 3 aromatic rings. The fourth-order valence-corrected chi connectivity index (χ4v) is 4.25. The van der Waals surface area contributed by atoms with E-state index in [1.807, 2.05) is 32.6 Å². The number of fused-ring (bicyclic) bond motifs is 1. The van der Waals surface area contributed by atoms with Crippen LogP contribution in [-0.4, -0.2) is 89.7 Å². The predicted octanol–water partition coefficient (Wildman–Crippen LogP) is 1.49. The maximum absolute atomic E-state index is 13.4. The number of nitrogen functional groups attached to an aromatic ring is 1. The summed E-state index contributed by atoms with van der Waals surface area (Å²) in [7, 11) is 0. The van der Waals surface area contributed by atoms with Crippen LogP contribution in [0.2, 0.25) is 0 Å². The Labute approximate surface area is 204 Å². The van der Waals surface area contributed by atoms with Crippen LogP contribution in [0, 0.1) is 5.92 Å². The molecule has 1 aliphatic rings. The number of carbonyl (C=O) groups excluding carboxylic acids is 1. The summed E-state index contributed by atoms with van der Waals surface area (Å²) in [6.07, 6.45) is 2.96. The van der Waals surface area contributed by atoms with E-state index < -0.39 is 11.6 Å². The molecule has 0 bridgehead atoms. The van der Waals surface area contributed by atoms with Gasteiger partial charge < -0.3 is 25.5 Å². The van der Waals surface area contributed by atoms with Gasteiger partial charge in [-0.15, -0.1) is 5.10 Å². The van der Waals surface area contributed by atoms with Crippen LogP contribution in [0.25, 0.3) is 17.4 Å². The fraction of sp³-hybridized carbons (Fsp3) is 0.609. The lowest BCUT2D eigenvalue weighted by Gasteiger charge is -2.40. The molecule has 4 N–H and O–H groups in total. The lowest BCUT2D eigenvalue weighted by molar-refractivity contribution is -0.135. The third kappa shape index (κ3) is 5.38. The van der Waals surface area contributed by atoms with E-state index in [4.69, 9.17) is 10.2 Å². The van der Waals surface area contributed by atoms with Gasteiger partial charge in [-0.2, -0.15) is 19.5 Å². The summed E-state index contributed by atoms with van der Waals surface area (Å²) in [5.74, 6) is 1.40. The Kier molecular flexibility index (Phi) is 7.22. The van der Waals surface area contributed by atoms with Crippen molar-refractivity contribution < 1.29 is 14.3 Å². The van der Waals surface area contributed by atoms with E-state index >= 15 is 0 Å². The fourth-order valence-electron chi connectivity index (χ4n) is 4.25. The highest BCUT2D eigenvalue weighted by atomic mass is 16.3. The van der Waals surface area contributed by atoms with E-state index in [-0.39, 0.29) is 29.5 Å². The average Bonchev–Trinajstić information content (AvgIpc) is 3.53. The lowest BCUT2D eigenvalue weighted by Crippen LogP contribution is -2.56. The molecule has 1 saturated heterocycles. The number of nitrogens with one attached hydrogen (secondary N) is 1. The van der Waals surface area contributed by atoms with Crippen LogP contribution in [0.5, 0.6) is 0 Å². The smallest absolute Gasteiger partial charge is 0.259 e. The molecular formula is C23H35N9O3. The number of carbonyl (C=O) groups is 1. The first-order valence-electron chi connectivity index (χ1n) is 12.2. The van der Waals surface area contributed by atoms with Crippen LogP contribution in [0.3, 0.4) is 0 Å². The van der Waals surface area contributed by atoms with Crippen molar-refractivity contribution in [3.63, 3.8) is 0 Å². The molecule has 0 saturated carbocycles. The van der Waals surface area contributed by atoms with Gasteiger partial charge in [0.1, 0.15) is 6.04 Å². The molecule has 1 aliphatic heterocycles. The topological polar surface area (TPSA) is 151 Å². The van der Waals surface area contributed by atoms with Crippen LogP contribution in [0.1, 0.15) is 40.5 Å². The highest BCUT2D eigenvalue weighted by Crippen LogP contribution is 2.21. The SMILES string of the molecule is CCC(O)(CC)CN1CCN(C(=O)[C@@H](Nc2nc(N)n3nc(-c4ccco4)nc3n2)C(C)C)CC1. The number of hydrogen-bond donors (Lipinski definition) is 3. The quantitative estimate of drug-likeness (QED) is 0.406. The van der Waals surface area contributed by atoms with Gasteiger partial charge >= 0.3 is 0 Å². The van der Waals surface area contributed by atoms with Gasteiger partial charge in [0.15, 0.2) is 5.76 Å². The summed E-state index contributed by atoms with van der Waals surface area (Å²) in [5, 5.41) is 18.1. The molecular weight excluding hydrogens is 450 g/mol. The second kappa shape index (κ2) is 10.2. The maximum Gasteiger partial charge on any atom is 0.259 e. The molecule has 0 radical (unpaired) electrons. The first kappa shape index (κ1) is 24.9. The summed E-state index contributed by atoms with van der Waals surface area (Å²) >= 11 is 0. The average molecular weight is 486 g/mol. The number of furan rings is 1. The number of anilines is 2. The molecule has 12 nitrogen and oxygen atoms in total. The first-order chi connectivity index (χ1) is 16.7. The highest BCUT2D eigenvalue weighted by molar-refractivity contribution is 5.84. The minimum absolute atomic E-state index is 0.0107. The number of piperazine rings is 1. The van der Waals surface area contributed by atoms with Gasteiger partial charge in [0.25, 0.3) is 5.78 Å². The molecule has 0 unspecified atom stereocenters. The van der Waals surface area contributed by atoms with Crippen LogP contribution in [0.15, 0.2) is 22.8 Å². The number of nitrogens with two attached hydrogens (primary N) is 1. The summed E-state index contributed by atoms with van der Waals surface area (Å²) in [6.45, 7) is 11.2. The zero-order chi connectivity index (χ0) is 25.2. The Morgan fingerprint density at radius 3 is 2.51 bits per heavy atom. The van der Waals surface area contributed by atoms with E-state index in [1.54, 1.807) is 12.1 Å². The van der Waals surface area contributed by atoms with Crippen molar-refractivity contribution in [3.8, 4) is 11.6 Å². The second-order valence-corrected chi connectivity index (χ2v) is 9.43. The summed E-state index contributed by atoms with van der Waals surface area (Å²) in [4.78, 5) is 30.6. The second-order valence-electron chi connectivity index (χ2n) is 9.43. The summed E-state index contributed by atoms with van der Waals surface area (Å²) < 4.78 is 6.69. The minimum Gasteiger partial charge on any atom is -0.461 e. The first-order valence-corrected chi connectivity index (χ1v) is 12.2. The van der Waals surface area contributed by atoms with Crippen molar-refractivity contribution in [1.82, 2.24) is 34.4 Å². The van der Waals surface area contributed by atoms with Crippen molar-refractivity contribution in [2.24, 2.45) is 5.92 Å². The third-order valence-electron chi connectivity index (χ3n) is 6.71. The van der Waals surface area contributed by atoms with Crippen molar-refractivity contribution in [3.05, 3.63) is 18.4 Å². The van der Waals surface area contributed by atoms with Gasteiger partial charge in [-0.25, -0.2) is 0 Å². The number of hydrogen-bond acceptors (Lipinski definition) is 10. The van der Waals surface area contributed by atoms with Gasteiger partial charge in [0.05, 0.1) is 11.9 Å². The van der Waals surface area contributed by atoms with Crippen molar-refractivity contribution >= 4 is 23.6 Å². The number of aromatic nitrogens is 5. The molecule has 4 rings (SSSR count). The molecule has 3 aromatic heterocycles. The zero-order valence-electron chi connectivity index (χ0n) is 20.8. The monoisotopic (exact) mass is 485 g/mol. The molecule has 1 atom stereocenters. The number of aliphatic hydroxyl groups is 1. The van der Waals surface area contributed by atoms with Gasteiger partial charge in [0.2, 0.25) is 23.6 Å². The van der Waals surface area contributed by atoms with Gasteiger partial charge in [0, 0.05) is 32.7 Å². The van der Waals surface area contributed by atoms with Crippen molar-refractivity contribution in [1.29, 1.82) is 0 Å². The van der Waals surface area contributed by atoms with Gasteiger partial charge in [-0.05, 0) is 30.9 Å². The van der Waals surface area contributed by atoms with E-state index in [2.05, 4.69) is 30.3 Å². The Hall–Kier alpha value is -3.25. The molecule has 1 fully saturated rings. The Balaban J connectivity index is 1.45. The van der Waals surface area contributed by atoms with Crippen molar-refractivity contribution in [2.75, 3.05) is 43.8 Å². The van der Waals surface area contributed by atoms with Gasteiger partial charge in [-0.1, -0.05) is 27.7 Å². The Morgan fingerprint density at radius 1 is 1.20 bits per heavy atom. The Morgan fingerprint density at radius 2 is 1.91 bits per heavy atom. The zero-order valence-corrected chi connectivity index (χ0v) is 20.8. The predicted molar refractivity (Wildman–Crippen MR) is 131 cm³/mol. The molecule has 0 aromatic carbocycles. The third-order valence-corrected chi connectivity index (χ3v) is 6.71. The molecule has 190 valence electrons. The number of rotatable bonds is 9. The Bertz CT molecular complexity index is 1130. The molecule has 35 heavy (non-hydrogen) atoms.